The highest BCUT2D eigenvalue weighted by Gasteiger charge is 2.21. The molecule has 0 aromatic heterocycles. The lowest BCUT2D eigenvalue weighted by molar-refractivity contribution is -0.140. The molecule has 3 rings (SSSR count). The van der Waals surface area contributed by atoms with Crippen molar-refractivity contribution in [2.75, 3.05) is 7.11 Å². The molecule has 0 bridgehead atoms. The number of methoxy groups -OCH3 is 1. The summed E-state index contributed by atoms with van der Waals surface area (Å²) in [6.45, 7) is 0. The van der Waals surface area contributed by atoms with E-state index >= 15 is 0 Å². The van der Waals surface area contributed by atoms with E-state index in [0.29, 0.717) is 24.3 Å². The molecular formula is C27H30ClNO4S. The van der Waals surface area contributed by atoms with E-state index in [1.54, 1.807) is 12.1 Å². The molecule has 0 spiro atoms. The molecule has 0 amide bonds. The largest absolute Gasteiger partial charge is 0.469 e. The summed E-state index contributed by atoms with van der Waals surface area (Å²) in [6.07, 6.45) is 4.19. The summed E-state index contributed by atoms with van der Waals surface area (Å²) in [7, 11) is -2.33. The first-order valence-electron chi connectivity index (χ1n) is 11.3. The predicted octanol–water partition coefficient (Wildman–Crippen LogP) is 5.88. The van der Waals surface area contributed by atoms with Gasteiger partial charge in [-0.2, -0.15) is 0 Å². The third-order valence-electron chi connectivity index (χ3n) is 5.68. The standard InChI is InChI=1S/C27H30ClNO4S/c1-33-27(30)12-6-10-22-13-15-23(16-14-22)26(11-5-9-21-7-3-2-4-8-21)29-34(31,32)25-19-17-24(28)18-20-25/h2-4,7-8,13-20,26,29H,5-6,9-12H2,1H3. The normalized spacial score (nSPS) is 12.3. The Balaban J connectivity index is 1.72. The Bertz CT molecular complexity index is 1150. The SMILES string of the molecule is COC(=O)CCCc1ccc(C(CCCc2ccccc2)NS(=O)(=O)c2ccc(Cl)cc2)cc1. The molecule has 7 heteroatoms. The molecule has 1 atom stereocenters. The lowest BCUT2D eigenvalue weighted by atomic mass is 9.98. The van der Waals surface area contributed by atoms with Crippen LogP contribution < -0.4 is 4.72 Å². The Morgan fingerprint density at radius 2 is 1.50 bits per heavy atom. The molecule has 0 radical (unpaired) electrons. The molecule has 0 aliphatic rings. The summed E-state index contributed by atoms with van der Waals surface area (Å²) in [5.41, 5.74) is 3.22. The van der Waals surface area contributed by atoms with Crippen molar-refractivity contribution in [1.29, 1.82) is 0 Å². The number of sulfonamides is 1. The molecule has 0 saturated carbocycles. The minimum atomic E-state index is -3.72. The van der Waals surface area contributed by atoms with Crippen molar-refractivity contribution in [3.8, 4) is 0 Å². The second kappa shape index (κ2) is 12.7. The van der Waals surface area contributed by atoms with E-state index in [4.69, 9.17) is 11.6 Å². The fraction of sp³-hybridized carbons (Fsp3) is 0.296. The lowest BCUT2D eigenvalue weighted by Gasteiger charge is -2.20. The monoisotopic (exact) mass is 499 g/mol. The zero-order valence-electron chi connectivity index (χ0n) is 19.2. The Morgan fingerprint density at radius 1 is 0.882 bits per heavy atom. The van der Waals surface area contributed by atoms with Crippen LogP contribution in [0.25, 0.3) is 0 Å². The minimum absolute atomic E-state index is 0.185. The van der Waals surface area contributed by atoms with E-state index in [-0.39, 0.29) is 16.9 Å². The molecule has 180 valence electrons. The van der Waals surface area contributed by atoms with E-state index in [0.717, 1.165) is 30.4 Å². The molecule has 1 N–H and O–H groups in total. The zero-order valence-corrected chi connectivity index (χ0v) is 20.8. The summed E-state index contributed by atoms with van der Waals surface area (Å²) < 4.78 is 33.7. The van der Waals surface area contributed by atoms with Crippen LogP contribution in [0, 0.1) is 0 Å². The van der Waals surface area contributed by atoms with E-state index in [1.807, 2.05) is 42.5 Å². The second-order valence-corrected chi connectivity index (χ2v) is 10.3. The third-order valence-corrected chi connectivity index (χ3v) is 7.42. The number of rotatable bonds is 12. The van der Waals surface area contributed by atoms with E-state index in [2.05, 4.69) is 21.6 Å². The van der Waals surface area contributed by atoms with Gasteiger partial charge in [0.2, 0.25) is 10.0 Å². The van der Waals surface area contributed by atoms with Gasteiger partial charge in [-0.15, -0.1) is 0 Å². The van der Waals surface area contributed by atoms with Crippen LogP contribution in [0.15, 0.2) is 83.8 Å². The highest BCUT2D eigenvalue weighted by Crippen LogP contribution is 2.24. The molecule has 0 aliphatic heterocycles. The van der Waals surface area contributed by atoms with Crippen LogP contribution in [-0.2, 0) is 32.4 Å². The van der Waals surface area contributed by atoms with Gasteiger partial charge in [0.25, 0.3) is 0 Å². The second-order valence-electron chi connectivity index (χ2n) is 8.18. The van der Waals surface area contributed by atoms with Gasteiger partial charge in [0.15, 0.2) is 0 Å². The molecule has 0 aliphatic carbocycles. The highest BCUT2D eigenvalue weighted by molar-refractivity contribution is 7.89. The molecule has 1 unspecified atom stereocenters. The van der Waals surface area contributed by atoms with Crippen molar-refractivity contribution in [2.24, 2.45) is 0 Å². The van der Waals surface area contributed by atoms with Gasteiger partial charge < -0.3 is 4.74 Å². The van der Waals surface area contributed by atoms with Gasteiger partial charge in [-0.05, 0) is 73.1 Å². The third kappa shape index (κ3) is 7.97. The van der Waals surface area contributed by atoms with Gasteiger partial charge in [-0.1, -0.05) is 66.2 Å². The lowest BCUT2D eigenvalue weighted by Crippen LogP contribution is -2.29. The summed E-state index contributed by atoms with van der Waals surface area (Å²) in [6, 6.07) is 23.9. The smallest absolute Gasteiger partial charge is 0.305 e. The van der Waals surface area contributed by atoms with Crippen molar-refractivity contribution in [2.45, 2.75) is 49.5 Å². The van der Waals surface area contributed by atoms with Gasteiger partial charge in [-0.3, -0.25) is 4.79 Å². The summed E-state index contributed by atoms with van der Waals surface area (Å²) in [5, 5.41) is 0.487. The summed E-state index contributed by atoms with van der Waals surface area (Å²) in [5.74, 6) is -0.216. The van der Waals surface area contributed by atoms with Crippen LogP contribution in [0.3, 0.4) is 0 Å². The molecular weight excluding hydrogens is 470 g/mol. The maximum atomic E-state index is 13.1. The van der Waals surface area contributed by atoms with Crippen molar-refractivity contribution in [3.05, 3.63) is 101 Å². The van der Waals surface area contributed by atoms with Crippen LogP contribution in [-0.4, -0.2) is 21.5 Å². The average Bonchev–Trinajstić information content (AvgIpc) is 2.84. The molecule has 0 heterocycles. The Morgan fingerprint density at radius 3 is 2.15 bits per heavy atom. The van der Waals surface area contributed by atoms with Crippen LogP contribution in [0.4, 0.5) is 0 Å². The van der Waals surface area contributed by atoms with Gasteiger partial charge in [0, 0.05) is 17.5 Å². The van der Waals surface area contributed by atoms with E-state index in [1.165, 1.54) is 24.8 Å². The Hall–Kier alpha value is -2.67. The molecule has 0 saturated heterocycles. The predicted molar refractivity (Wildman–Crippen MR) is 135 cm³/mol. The topological polar surface area (TPSA) is 72.5 Å². The summed E-state index contributed by atoms with van der Waals surface area (Å²) >= 11 is 5.93. The first-order valence-corrected chi connectivity index (χ1v) is 13.2. The van der Waals surface area contributed by atoms with Gasteiger partial charge >= 0.3 is 5.97 Å². The van der Waals surface area contributed by atoms with Crippen molar-refractivity contribution >= 4 is 27.6 Å². The quantitative estimate of drug-likeness (QED) is 0.316. The van der Waals surface area contributed by atoms with Crippen molar-refractivity contribution in [1.82, 2.24) is 4.72 Å². The van der Waals surface area contributed by atoms with Crippen molar-refractivity contribution in [3.63, 3.8) is 0 Å². The molecule has 34 heavy (non-hydrogen) atoms. The Kier molecular flexibility index (Phi) is 9.69. The molecule has 5 nitrogen and oxygen atoms in total. The van der Waals surface area contributed by atoms with Gasteiger partial charge in [0.1, 0.15) is 0 Å². The number of aryl methyl sites for hydroxylation is 2. The van der Waals surface area contributed by atoms with Crippen molar-refractivity contribution < 1.29 is 17.9 Å². The summed E-state index contributed by atoms with van der Waals surface area (Å²) in [4.78, 5) is 11.5. The van der Waals surface area contributed by atoms with Crippen LogP contribution in [0.1, 0.15) is 48.4 Å². The number of esters is 1. The fourth-order valence-electron chi connectivity index (χ4n) is 3.77. The van der Waals surface area contributed by atoms with Gasteiger partial charge in [-0.25, -0.2) is 13.1 Å². The average molecular weight is 500 g/mol. The maximum absolute atomic E-state index is 13.1. The molecule has 3 aromatic rings. The van der Waals surface area contributed by atoms with Crippen LogP contribution in [0.5, 0.6) is 0 Å². The molecule has 3 aromatic carbocycles. The highest BCUT2D eigenvalue weighted by atomic mass is 35.5. The maximum Gasteiger partial charge on any atom is 0.305 e. The Labute approximate surface area is 207 Å². The van der Waals surface area contributed by atoms with Crippen LogP contribution >= 0.6 is 11.6 Å². The number of halogens is 1. The number of ether oxygens (including phenoxy) is 1. The first kappa shape index (κ1) is 25.9. The first-order chi connectivity index (χ1) is 16.4. The number of carbonyl (C=O) groups excluding carboxylic acids is 1. The number of hydrogen-bond acceptors (Lipinski definition) is 4. The fourth-order valence-corrected chi connectivity index (χ4v) is 5.16. The number of hydrogen-bond donors (Lipinski definition) is 1. The number of carbonyl (C=O) groups is 1. The van der Waals surface area contributed by atoms with Crippen LogP contribution in [0.2, 0.25) is 5.02 Å². The van der Waals surface area contributed by atoms with Gasteiger partial charge in [0.05, 0.1) is 12.0 Å². The minimum Gasteiger partial charge on any atom is -0.469 e. The number of nitrogens with one attached hydrogen (secondary N) is 1. The number of benzene rings is 3. The van der Waals surface area contributed by atoms with E-state index < -0.39 is 10.0 Å². The zero-order chi connectivity index (χ0) is 24.4. The molecule has 0 fully saturated rings. The van der Waals surface area contributed by atoms with E-state index in [9.17, 15) is 13.2 Å².